The van der Waals surface area contributed by atoms with Crippen LogP contribution in [-0.4, -0.2) is 30.8 Å². The minimum atomic E-state index is -0.168. The van der Waals surface area contributed by atoms with E-state index in [1.807, 2.05) is 25.1 Å². The first-order valence-corrected chi connectivity index (χ1v) is 7.33. The molecule has 0 radical (unpaired) electrons. The van der Waals surface area contributed by atoms with Crippen molar-refractivity contribution in [1.82, 2.24) is 5.32 Å². The Balaban J connectivity index is 1.72. The molecule has 5 heteroatoms. The lowest BCUT2D eigenvalue weighted by Crippen LogP contribution is -2.23. The maximum absolute atomic E-state index is 11.2. The van der Waals surface area contributed by atoms with Gasteiger partial charge in [-0.1, -0.05) is 42.1 Å². The van der Waals surface area contributed by atoms with Crippen molar-refractivity contribution in [2.75, 3.05) is 19.7 Å². The van der Waals surface area contributed by atoms with E-state index in [2.05, 4.69) is 22.4 Å². The lowest BCUT2D eigenvalue weighted by molar-refractivity contribution is -0.142. The van der Waals surface area contributed by atoms with Crippen LogP contribution in [0.1, 0.15) is 24.2 Å². The van der Waals surface area contributed by atoms with E-state index in [0.29, 0.717) is 24.8 Å². The van der Waals surface area contributed by atoms with Gasteiger partial charge in [-0.15, -0.1) is 0 Å². The van der Waals surface area contributed by atoms with Crippen LogP contribution >= 0.6 is 11.8 Å². The standard InChI is InChI=1S/C14H18N2O2S/c1-2-18-13(17)8-9-15-14-16-10-12(19-14)11-6-4-3-5-7-11/h3-7,12H,2,8-10H2,1H3,(H,15,16). The van der Waals surface area contributed by atoms with Gasteiger partial charge in [0.2, 0.25) is 0 Å². The number of carbonyl (C=O) groups is 1. The zero-order valence-corrected chi connectivity index (χ0v) is 11.8. The summed E-state index contributed by atoms with van der Waals surface area (Å²) in [5, 5.41) is 4.48. The Kier molecular flexibility index (Phi) is 5.27. The maximum Gasteiger partial charge on any atom is 0.307 e. The van der Waals surface area contributed by atoms with Crippen molar-refractivity contribution < 1.29 is 9.53 Å². The number of hydrogen-bond acceptors (Lipinski definition) is 5. The Morgan fingerprint density at radius 1 is 1.47 bits per heavy atom. The van der Waals surface area contributed by atoms with E-state index in [0.717, 1.165) is 11.7 Å². The normalized spacial score (nSPS) is 17.9. The Morgan fingerprint density at radius 2 is 2.26 bits per heavy atom. The van der Waals surface area contributed by atoms with Gasteiger partial charge in [-0.05, 0) is 12.5 Å². The van der Waals surface area contributed by atoms with E-state index in [1.54, 1.807) is 11.8 Å². The third-order valence-corrected chi connectivity index (χ3v) is 3.94. The van der Waals surface area contributed by atoms with Crippen LogP contribution in [0, 0.1) is 0 Å². The molecular weight excluding hydrogens is 260 g/mol. The average Bonchev–Trinajstić information content (AvgIpc) is 2.89. The van der Waals surface area contributed by atoms with Crippen molar-refractivity contribution in [3.8, 4) is 0 Å². The first-order valence-electron chi connectivity index (χ1n) is 6.45. The number of nitrogens with one attached hydrogen (secondary N) is 1. The van der Waals surface area contributed by atoms with Crippen LogP contribution in [0.15, 0.2) is 35.3 Å². The number of carbonyl (C=O) groups excluding carboxylic acids is 1. The van der Waals surface area contributed by atoms with Crippen molar-refractivity contribution in [2.24, 2.45) is 4.99 Å². The van der Waals surface area contributed by atoms with E-state index < -0.39 is 0 Å². The summed E-state index contributed by atoms with van der Waals surface area (Å²) in [4.78, 5) is 15.6. The predicted molar refractivity (Wildman–Crippen MR) is 78.3 cm³/mol. The monoisotopic (exact) mass is 278 g/mol. The molecule has 0 saturated carbocycles. The number of rotatable bonds is 5. The molecule has 1 aliphatic rings. The number of ether oxygens (including phenoxy) is 1. The number of hydrogen-bond donors (Lipinski definition) is 1. The van der Waals surface area contributed by atoms with Gasteiger partial charge in [0.05, 0.1) is 24.8 Å². The fourth-order valence-electron chi connectivity index (χ4n) is 1.82. The number of amidine groups is 1. The topological polar surface area (TPSA) is 50.7 Å². The van der Waals surface area contributed by atoms with Gasteiger partial charge >= 0.3 is 5.97 Å². The van der Waals surface area contributed by atoms with Crippen LogP contribution in [-0.2, 0) is 9.53 Å². The Hall–Kier alpha value is -1.49. The zero-order valence-electron chi connectivity index (χ0n) is 11.0. The molecule has 0 aliphatic carbocycles. The molecule has 19 heavy (non-hydrogen) atoms. The highest BCUT2D eigenvalue weighted by molar-refractivity contribution is 8.14. The highest BCUT2D eigenvalue weighted by Crippen LogP contribution is 2.33. The summed E-state index contributed by atoms with van der Waals surface area (Å²) in [6, 6.07) is 10.3. The fourth-order valence-corrected chi connectivity index (χ4v) is 2.86. The molecule has 102 valence electrons. The molecule has 0 fully saturated rings. The molecule has 4 nitrogen and oxygen atoms in total. The molecule has 1 aliphatic heterocycles. The van der Waals surface area contributed by atoms with Gasteiger partial charge in [-0.25, -0.2) is 0 Å². The summed E-state index contributed by atoms with van der Waals surface area (Å²) in [5.41, 5.74) is 1.29. The molecule has 1 aromatic rings. The summed E-state index contributed by atoms with van der Waals surface area (Å²) in [7, 11) is 0. The van der Waals surface area contributed by atoms with Crippen molar-refractivity contribution >= 4 is 22.9 Å². The molecule has 0 saturated heterocycles. The van der Waals surface area contributed by atoms with E-state index in [1.165, 1.54) is 5.56 Å². The molecule has 1 heterocycles. The van der Waals surface area contributed by atoms with Gasteiger partial charge in [-0.3, -0.25) is 9.79 Å². The van der Waals surface area contributed by atoms with Gasteiger partial charge in [0.25, 0.3) is 0 Å². The summed E-state index contributed by atoms with van der Waals surface area (Å²) in [6.07, 6.45) is 0.378. The minimum absolute atomic E-state index is 0.168. The van der Waals surface area contributed by atoms with Crippen LogP contribution in [0.4, 0.5) is 0 Å². The first kappa shape index (κ1) is 13.9. The van der Waals surface area contributed by atoms with E-state index in [4.69, 9.17) is 4.74 Å². The lowest BCUT2D eigenvalue weighted by atomic mass is 10.1. The molecule has 1 aromatic carbocycles. The summed E-state index contributed by atoms with van der Waals surface area (Å²) < 4.78 is 4.87. The van der Waals surface area contributed by atoms with Gasteiger partial charge < -0.3 is 10.1 Å². The molecule has 0 spiro atoms. The number of esters is 1. The van der Waals surface area contributed by atoms with Crippen molar-refractivity contribution in [3.05, 3.63) is 35.9 Å². The SMILES string of the molecule is CCOC(=O)CCNC1=NCC(c2ccccc2)S1. The van der Waals surface area contributed by atoms with Crippen molar-refractivity contribution in [1.29, 1.82) is 0 Å². The second kappa shape index (κ2) is 7.19. The van der Waals surface area contributed by atoms with Gasteiger partial charge in [0.15, 0.2) is 5.17 Å². The van der Waals surface area contributed by atoms with Gasteiger partial charge in [0, 0.05) is 6.54 Å². The summed E-state index contributed by atoms with van der Waals surface area (Å²) in [5.74, 6) is -0.168. The number of aliphatic imine (C=N–C) groups is 1. The molecule has 0 bridgehead atoms. The van der Waals surface area contributed by atoms with Crippen LogP contribution in [0.25, 0.3) is 0 Å². The molecule has 1 unspecified atom stereocenters. The summed E-state index contributed by atoms with van der Waals surface area (Å²) in [6.45, 7) is 3.61. The fraction of sp³-hybridized carbons (Fsp3) is 0.429. The second-order valence-electron chi connectivity index (χ2n) is 4.14. The first-order chi connectivity index (χ1) is 9.29. The molecule has 0 aromatic heterocycles. The average molecular weight is 278 g/mol. The smallest absolute Gasteiger partial charge is 0.307 e. The molecule has 1 atom stereocenters. The largest absolute Gasteiger partial charge is 0.466 e. The Labute approximate surface area is 117 Å². The molecule has 1 N–H and O–H groups in total. The molecule has 2 rings (SSSR count). The lowest BCUT2D eigenvalue weighted by Gasteiger charge is -2.09. The van der Waals surface area contributed by atoms with Crippen molar-refractivity contribution in [2.45, 2.75) is 18.6 Å². The van der Waals surface area contributed by atoms with Crippen LogP contribution in [0.2, 0.25) is 0 Å². The quantitative estimate of drug-likeness (QED) is 0.840. The number of benzene rings is 1. The number of nitrogens with zero attached hydrogens (tertiary/aromatic N) is 1. The van der Waals surface area contributed by atoms with Crippen LogP contribution in [0.5, 0.6) is 0 Å². The van der Waals surface area contributed by atoms with Gasteiger partial charge in [0.1, 0.15) is 0 Å². The third kappa shape index (κ3) is 4.28. The zero-order chi connectivity index (χ0) is 13.5. The Morgan fingerprint density at radius 3 is 3.00 bits per heavy atom. The molecule has 0 amide bonds. The third-order valence-electron chi connectivity index (χ3n) is 2.74. The van der Waals surface area contributed by atoms with E-state index in [-0.39, 0.29) is 5.97 Å². The molecular formula is C14H18N2O2S. The highest BCUT2D eigenvalue weighted by atomic mass is 32.2. The Bertz CT molecular complexity index is 448. The van der Waals surface area contributed by atoms with Crippen LogP contribution in [0.3, 0.4) is 0 Å². The van der Waals surface area contributed by atoms with Gasteiger partial charge in [-0.2, -0.15) is 0 Å². The van der Waals surface area contributed by atoms with Crippen molar-refractivity contribution in [3.63, 3.8) is 0 Å². The predicted octanol–water partition coefficient (Wildman–Crippen LogP) is 2.37. The summed E-state index contributed by atoms with van der Waals surface area (Å²) >= 11 is 1.72. The second-order valence-corrected chi connectivity index (χ2v) is 5.34. The minimum Gasteiger partial charge on any atom is -0.466 e. The maximum atomic E-state index is 11.2. The van der Waals surface area contributed by atoms with E-state index in [9.17, 15) is 4.79 Å². The van der Waals surface area contributed by atoms with E-state index >= 15 is 0 Å². The number of thioether (sulfide) groups is 1. The van der Waals surface area contributed by atoms with Crippen LogP contribution < -0.4 is 5.32 Å². The highest BCUT2D eigenvalue weighted by Gasteiger charge is 2.20.